The molecule has 6 N–H and O–H groups in total. The lowest BCUT2D eigenvalue weighted by molar-refractivity contribution is -0.117. The van der Waals surface area contributed by atoms with Gasteiger partial charge in [0.25, 0.3) is 0 Å². The normalized spacial score (nSPS) is 52.5. The van der Waals surface area contributed by atoms with E-state index in [0.29, 0.717) is 62.6 Å². The van der Waals surface area contributed by atoms with Gasteiger partial charge in [-0.3, -0.25) is 0 Å². The Morgan fingerprint density at radius 2 is 0.523 bits per heavy atom. The van der Waals surface area contributed by atoms with Crippen LogP contribution in [-0.4, -0.2) is 75.9 Å². The van der Waals surface area contributed by atoms with Gasteiger partial charge in [-0.05, 0) is 564 Å². The molecule has 42 atom stereocenters. The van der Waals surface area contributed by atoms with Gasteiger partial charge in [0.2, 0.25) is 0 Å². The van der Waals surface area contributed by atoms with Gasteiger partial charge in [-0.15, -0.1) is 0 Å². The van der Waals surface area contributed by atoms with Crippen LogP contribution in [0.1, 0.15) is 391 Å². The third-order valence-electron chi connectivity index (χ3n) is 47.8. The smallest absolute Gasteiger partial charge is 0.125 e. The summed E-state index contributed by atoms with van der Waals surface area (Å²) in [4.78, 5) is 0. The summed E-state index contributed by atoms with van der Waals surface area (Å²) >= 11 is 7.36. The van der Waals surface area contributed by atoms with E-state index in [4.69, 9.17) is 0 Å². The highest BCUT2D eigenvalue weighted by Crippen LogP contribution is 2.73. The van der Waals surface area contributed by atoms with Gasteiger partial charge in [0.05, 0.1) is 17.8 Å². The standard InChI is InChI=1S/C26H37BrO.C26H38O2.C26H38O.C23H37BrO.C23H38O/c2*1-17(16-27)23-7-8-24-22-6-5-19-15-26(28,13-9-18-3-4-18)14-11-20(19)21(22)10-12-25(23,24)2;1-17(2)23-8-9-24-22-7-6-19-16-26(27,14-10-18-4-5-18)15-12-20(19)21(22)11-13-25(23,24)3;1-14-11-18-16(17-7-9-22(3,25)12-19(14)17)8-10-23(4)20(15(2)13-24)5-6-21(18)23;1-14(2)20-6-7-21-18-12-15(3)19-13-22(4,24)10-8-17(19)16(18)9-11-23(20,21)5/h18-24,28H,1,3-8,10-12,14-16H2,2H3;18-24,27-28H,1,3-8,10-12,14-16H2,2H3;18-24,27H,1,4-9,11-13,15-16H2,2-3H3;14,16-21,25H,2,5-13H2,1,3-4H3;15-21,24H,1,6-13H2,2-5H3/t3*19-,20+,21-,22-,23-,24+,25-,26+;14-,16-,17-,18-,19+,20-,21+,22+,23-;15-,16-,17-,18-,19+,20-,21+,22+,23-/m11111/s1. The first-order valence-electron chi connectivity index (χ1n) is 57.0. The number of halogens is 2. The summed E-state index contributed by atoms with van der Waals surface area (Å²) in [6.45, 7) is 48.5. The van der Waals surface area contributed by atoms with E-state index < -0.39 is 28.0 Å². The Bertz CT molecular complexity index is 4280. The molecule has 0 aromatic heterocycles. The minimum atomic E-state index is -0.697. The number of hydrogen-bond acceptors (Lipinski definition) is 6. The number of allylic oxidation sites excluding steroid dienone is 4. The lowest BCUT2D eigenvalue weighted by Gasteiger charge is -2.59. The third kappa shape index (κ3) is 18.8. The molecular weight excluding hydrogens is 1750 g/mol. The first-order chi connectivity index (χ1) is 62.8. The van der Waals surface area contributed by atoms with Crippen molar-refractivity contribution in [1.29, 1.82) is 0 Å². The zero-order valence-electron chi connectivity index (χ0n) is 85.5. The van der Waals surface area contributed by atoms with Gasteiger partial charge < -0.3 is 30.6 Å². The average Bonchev–Trinajstić information content (AvgIpc) is 1.52. The van der Waals surface area contributed by atoms with Crippen molar-refractivity contribution in [2.45, 2.75) is 419 Å². The monoisotopic (exact) mass is 1930 g/mol. The molecular formula is C124H188Br2O6. The topological polar surface area (TPSA) is 121 Å². The fourth-order valence-electron chi connectivity index (χ4n) is 41.1. The Kier molecular flexibility index (Phi) is 28.5. The minimum Gasteiger partial charge on any atom is -0.392 e. The Labute approximate surface area is 823 Å². The molecule has 23 aliphatic carbocycles. The largest absolute Gasteiger partial charge is 0.392 e. The minimum absolute atomic E-state index is 0.159. The van der Waals surface area contributed by atoms with Crippen molar-refractivity contribution in [3.63, 3.8) is 0 Å². The van der Waals surface area contributed by atoms with Crippen LogP contribution in [-0.2, 0) is 0 Å². The fraction of sp³-hybridized carbons (Fsp3) is 0.871. The van der Waals surface area contributed by atoms with E-state index in [1.54, 1.807) is 0 Å². The molecule has 0 aliphatic heterocycles. The number of fused-ring (bicyclic) bond motifs is 25. The Morgan fingerprint density at radius 3 is 0.803 bits per heavy atom. The van der Waals surface area contributed by atoms with Crippen LogP contribution in [0.5, 0.6) is 0 Å². The summed E-state index contributed by atoms with van der Waals surface area (Å²) in [6, 6.07) is 0. The lowest BCUT2D eigenvalue weighted by atomic mass is 9.47. The molecule has 0 aromatic carbocycles. The molecule has 23 rings (SSSR count). The number of alkyl halides is 2. The molecule has 0 saturated heterocycles. The first-order valence-corrected chi connectivity index (χ1v) is 59.3. The zero-order chi connectivity index (χ0) is 93.1. The SMILES string of the molecule is C=C(C)[C@H]1CC[C@H]2[C@@H]3CC[C@@H]4C[C@](O)(C#CC5CC5)CC[C@@H]4[C@H]3CC[C@]12C.C=C(C)[C@H]1CC[C@H]2[C@@H]3C[C@@H](C)[C@@H]4C[C@@](C)(O)CC[C@@H]4[C@H]3CC[C@]12C.C=C(CBr)[C@H]1CC[C@H]2[C@@H]3CC[C@@H]4C[C@](O)(C#CC5CC5)CC[C@@H]4[C@H]3CC[C@]12C.C=C(CBr)[C@H]1CC[C@H]2[C@@H]3C[C@@H](C)[C@@H]4C[C@@](C)(O)CC[C@@H]4[C@H]3CC[C@]12C.C=C(CO)[C@H]1CC[C@H]2[C@@H]3CC[C@@H]4C[C@](O)(C#CC5CC5)CC[C@@H]4[C@H]3CC[C@]12C. The summed E-state index contributed by atoms with van der Waals surface area (Å²) in [5.74, 6) is 48.6. The van der Waals surface area contributed by atoms with Crippen LogP contribution in [0.2, 0.25) is 0 Å². The number of rotatable bonds is 8. The van der Waals surface area contributed by atoms with Crippen LogP contribution in [0.15, 0.2) is 60.8 Å². The van der Waals surface area contributed by atoms with Gasteiger partial charge in [0.1, 0.15) is 16.8 Å². The second-order valence-corrected chi connectivity index (χ2v) is 56.3. The van der Waals surface area contributed by atoms with Crippen LogP contribution in [0.3, 0.4) is 0 Å². The molecule has 0 unspecified atom stereocenters. The van der Waals surface area contributed by atoms with Crippen molar-refractivity contribution in [3.8, 4) is 35.5 Å². The second-order valence-electron chi connectivity index (χ2n) is 55.2. The van der Waals surface area contributed by atoms with Crippen molar-refractivity contribution >= 4 is 31.9 Å². The molecule has 0 bridgehead atoms. The molecule has 8 heteroatoms. The van der Waals surface area contributed by atoms with Crippen molar-refractivity contribution < 1.29 is 30.6 Å². The molecule has 0 spiro atoms. The lowest BCUT2D eigenvalue weighted by Crippen LogP contribution is -2.52. The molecule has 23 saturated carbocycles. The molecule has 23 fully saturated rings. The molecule has 734 valence electrons. The maximum atomic E-state index is 11.1. The van der Waals surface area contributed by atoms with Crippen LogP contribution >= 0.6 is 31.9 Å². The van der Waals surface area contributed by atoms with Crippen molar-refractivity contribution in [1.82, 2.24) is 0 Å². The number of aliphatic hydroxyl groups excluding tert-OH is 1. The summed E-state index contributed by atoms with van der Waals surface area (Å²) < 4.78 is 0. The van der Waals surface area contributed by atoms with Gasteiger partial charge in [0, 0.05) is 28.4 Å². The summed E-state index contributed by atoms with van der Waals surface area (Å²) in [5.41, 5.74) is 6.38. The summed E-state index contributed by atoms with van der Waals surface area (Å²) in [6.07, 6.45) is 62.1. The fourth-order valence-corrected chi connectivity index (χ4v) is 41.9. The van der Waals surface area contributed by atoms with E-state index in [9.17, 15) is 30.6 Å². The highest BCUT2D eigenvalue weighted by molar-refractivity contribution is 9.09. The molecule has 132 heavy (non-hydrogen) atoms. The maximum Gasteiger partial charge on any atom is 0.125 e. The highest BCUT2D eigenvalue weighted by atomic mass is 79.9. The summed E-state index contributed by atoms with van der Waals surface area (Å²) in [5, 5.41) is 66.1. The van der Waals surface area contributed by atoms with Gasteiger partial charge in [-0.1, -0.05) is 171 Å². The van der Waals surface area contributed by atoms with Gasteiger partial charge in [0.15, 0.2) is 0 Å². The van der Waals surface area contributed by atoms with Crippen LogP contribution < -0.4 is 0 Å². The summed E-state index contributed by atoms with van der Waals surface area (Å²) in [7, 11) is 0. The Balaban J connectivity index is 0.000000107. The van der Waals surface area contributed by atoms with Crippen LogP contribution in [0.4, 0.5) is 0 Å². The average molecular weight is 1930 g/mol. The highest BCUT2D eigenvalue weighted by Gasteiger charge is 2.66. The van der Waals surface area contributed by atoms with E-state index >= 15 is 0 Å². The van der Waals surface area contributed by atoms with Gasteiger partial charge in [-0.2, -0.15) is 0 Å². The molecule has 23 aliphatic rings. The predicted octanol–water partition coefficient (Wildman–Crippen LogP) is 29.3. The molecule has 0 aromatic rings. The number of aliphatic hydroxyl groups is 6. The van der Waals surface area contributed by atoms with Crippen molar-refractivity contribution in [3.05, 3.63) is 60.8 Å². The molecule has 0 heterocycles. The van der Waals surface area contributed by atoms with Crippen LogP contribution in [0.25, 0.3) is 0 Å². The third-order valence-corrected chi connectivity index (χ3v) is 49.3. The van der Waals surface area contributed by atoms with Gasteiger partial charge >= 0.3 is 0 Å². The van der Waals surface area contributed by atoms with Crippen LogP contribution in [0, 0.1) is 270 Å². The van der Waals surface area contributed by atoms with Crippen molar-refractivity contribution in [2.24, 2.45) is 234 Å². The quantitative estimate of drug-likeness (QED) is 0.0818. The van der Waals surface area contributed by atoms with Gasteiger partial charge in [-0.25, -0.2) is 0 Å². The molecule has 6 nitrogen and oxygen atoms in total. The van der Waals surface area contributed by atoms with Crippen molar-refractivity contribution in [2.75, 3.05) is 17.3 Å². The Hall–Kier alpha value is -1.90. The zero-order valence-corrected chi connectivity index (χ0v) is 88.6. The van der Waals surface area contributed by atoms with E-state index in [1.165, 1.54) is 273 Å². The Morgan fingerprint density at radius 1 is 0.273 bits per heavy atom. The van der Waals surface area contributed by atoms with E-state index in [2.05, 4.69) is 176 Å². The second kappa shape index (κ2) is 38.0. The first kappa shape index (κ1) is 98.9. The van der Waals surface area contributed by atoms with E-state index in [-0.39, 0.29) is 6.61 Å². The number of hydrogen-bond donors (Lipinski definition) is 6. The molecule has 0 radical (unpaired) electrons. The maximum absolute atomic E-state index is 11.1. The predicted molar refractivity (Wildman–Crippen MR) is 551 cm³/mol. The van der Waals surface area contributed by atoms with E-state index in [1.807, 2.05) is 0 Å². The molecule has 0 amide bonds. The van der Waals surface area contributed by atoms with E-state index in [0.717, 1.165) is 252 Å².